The van der Waals surface area contributed by atoms with Gasteiger partial charge in [0.15, 0.2) is 0 Å². The highest BCUT2D eigenvalue weighted by molar-refractivity contribution is 5.76. The van der Waals surface area contributed by atoms with E-state index in [2.05, 4.69) is 17.1 Å². The van der Waals surface area contributed by atoms with Gasteiger partial charge in [-0.1, -0.05) is 0 Å². The number of hydrogen-bond donors (Lipinski definition) is 2. The van der Waals surface area contributed by atoms with Crippen LogP contribution in [0.2, 0.25) is 0 Å². The molecule has 0 aromatic heterocycles. The van der Waals surface area contributed by atoms with Crippen LogP contribution in [0, 0.1) is 0 Å². The van der Waals surface area contributed by atoms with Crippen molar-refractivity contribution in [3.8, 4) is 5.75 Å². The molecule has 1 unspecified atom stereocenters. The second-order valence-corrected chi connectivity index (χ2v) is 5.64. The van der Waals surface area contributed by atoms with Gasteiger partial charge in [0.2, 0.25) is 5.91 Å². The third kappa shape index (κ3) is 5.63. The van der Waals surface area contributed by atoms with E-state index in [0.29, 0.717) is 18.7 Å². The summed E-state index contributed by atoms with van der Waals surface area (Å²) in [6, 6.07) is 7.38. The zero-order valence-corrected chi connectivity index (χ0v) is 12.7. The number of nitrogens with two attached hydrogens (primary N) is 1. The molecule has 1 saturated heterocycles. The maximum absolute atomic E-state index is 11.8. The Morgan fingerprint density at radius 3 is 2.67 bits per heavy atom. The fourth-order valence-corrected chi connectivity index (χ4v) is 2.57. The molecule has 5 nitrogen and oxygen atoms in total. The average Bonchev–Trinajstić information content (AvgIpc) is 2.93. The van der Waals surface area contributed by atoms with Gasteiger partial charge >= 0.3 is 0 Å². The first-order valence-electron chi connectivity index (χ1n) is 7.63. The van der Waals surface area contributed by atoms with Crippen LogP contribution in [-0.4, -0.2) is 43.1 Å². The van der Waals surface area contributed by atoms with Gasteiger partial charge in [-0.05, 0) is 57.1 Å². The molecule has 1 aromatic rings. The van der Waals surface area contributed by atoms with E-state index in [9.17, 15) is 4.79 Å². The second kappa shape index (κ2) is 7.88. The van der Waals surface area contributed by atoms with Crippen LogP contribution in [0.25, 0.3) is 0 Å². The van der Waals surface area contributed by atoms with E-state index < -0.39 is 0 Å². The monoisotopic (exact) mass is 291 g/mol. The minimum Gasteiger partial charge on any atom is -0.493 e. The number of nitrogens with zero attached hydrogens (tertiary/aromatic N) is 1. The van der Waals surface area contributed by atoms with E-state index in [1.54, 1.807) is 12.1 Å². The number of anilines is 1. The Balaban J connectivity index is 1.61. The van der Waals surface area contributed by atoms with Gasteiger partial charge in [0.05, 0.1) is 13.0 Å². The Morgan fingerprint density at radius 2 is 2.00 bits per heavy atom. The third-order valence-electron chi connectivity index (χ3n) is 3.62. The summed E-state index contributed by atoms with van der Waals surface area (Å²) in [6.45, 7) is 5.68. The van der Waals surface area contributed by atoms with Crippen LogP contribution in [0.5, 0.6) is 5.75 Å². The number of likely N-dealkylation sites (tertiary alicyclic amines) is 1. The lowest BCUT2D eigenvalue weighted by Crippen LogP contribution is -2.41. The molecule has 0 bridgehead atoms. The summed E-state index contributed by atoms with van der Waals surface area (Å²) in [7, 11) is 0. The normalized spacial score (nSPS) is 16.6. The maximum atomic E-state index is 11.8. The topological polar surface area (TPSA) is 67.6 Å². The van der Waals surface area contributed by atoms with Crippen molar-refractivity contribution in [2.24, 2.45) is 0 Å². The van der Waals surface area contributed by atoms with Gasteiger partial charge in [0.1, 0.15) is 5.75 Å². The Morgan fingerprint density at radius 1 is 1.33 bits per heavy atom. The van der Waals surface area contributed by atoms with E-state index in [0.717, 1.165) is 25.4 Å². The molecular formula is C16H25N3O2. The Labute approximate surface area is 126 Å². The lowest BCUT2D eigenvalue weighted by molar-refractivity contribution is -0.122. The Bertz CT molecular complexity index is 441. The fraction of sp³-hybridized carbons (Fsp3) is 0.562. The molecule has 0 spiro atoms. The fourth-order valence-electron chi connectivity index (χ4n) is 2.57. The zero-order chi connectivity index (χ0) is 15.1. The molecule has 5 heteroatoms. The number of amides is 1. The minimum atomic E-state index is 0.0390. The molecule has 1 atom stereocenters. The Hall–Kier alpha value is -1.75. The van der Waals surface area contributed by atoms with Crippen molar-refractivity contribution in [1.29, 1.82) is 0 Å². The molecule has 1 fully saturated rings. The van der Waals surface area contributed by atoms with E-state index in [4.69, 9.17) is 10.5 Å². The summed E-state index contributed by atoms with van der Waals surface area (Å²) < 4.78 is 5.52. The van der Waals surface area contributed by atoms with Crippen molar-refractivity contribution >= 4 is 11.6 Å². The lowest BCUT2D eigenvalue weighted by Gasteiger charge is -2.21. The number of hydrogen-bond acceptors (Lipinski definition) is 4. The highest BCUT2D eigenvalue weighted by atomic mass is 16.5. The average molecular weight is 291 g/mol. The van der Waals surface area contributed by atoms with Crippen LogP contribution in [0.15, 0.2) is 24.3 Å². The summed E-state index contributed by atoms with van der Waals surface area (Å²) in [6.07, 6.45) is 2.92. The van der Waals surface area contributed by atoms with Crippen LogP contribution in [0.3, 0.4) is 0 Å². The molecule has 1 aliphatic heterocycles. The van der Waals surface area contributed by atoms with Crippen LogP contribution in [0.4, 0.5) is 5.69 Å². The van der Waals surface area contributed by atoms with Gasteiger partial charge in [-0.15, -0.1) is 0 Å². The number of nitrogens with one attached hydrogen (secondary N) is 1. The molecular weight excluding hydrogens is 266 g/mol. The van der Waals surface area contributed by atoms with Gasteiger partial charge in [-0.2, -0.15) is 0 Å². The third-order valence-corrected chi connectivity index (χ3v) is 3.62. The van der Waals surface area contributed by atoms with Crippen molar-refractivity contribution in [3.05, 3.63) is 24.3 Å². The highest BCUT2D eigenvalue weighted by Gasteiger charge is 2.15. The second-order valence-electron chi connectivity index (χ2n) is 5.64. The first-order valence-corrected chi connectivity index (χ1v) is 7.63. The molecule has 21 heavy (non-hydrogen) atoms. The van der Waals surface area contributed by atoms with E-state index in [1.165, 1.54) is 12.8 Å². The molecule has 1 aromatic carbocycles. The van der Waals surface area contributed by atoms with Gasteiger partial charge in [0, 0.05) is 18.3 Å². The molecule has 3 N–H and O–H groups in total. The maximum Gasteiger partial charge on any atom is 0.223 e. The molecule has 116 valence electrons. The Kier molecular flexibility index (Phi) is 5.87. The van der Waals surface area contributed by atoms with Gasteiger partial charge in [0.25, 0.3) is 0 Å². The number of carbonyl (C=O) groups is 1. The van der Waals surface area contributed by atoms with Crippen molar-refractivity contribution in [2.45, 2.75) is 32.2 Å². The summed E-state index contributed by atoms with van der Waals surface area (Å²) in [5, 5.41) is 3.02. The molecule has 1 amide bonds. The molecule has 1 aliphatic rings. The van der Waals surface area contributed by atoms with Crippen LogP contribution < -0.4 is 15.8 Å². The van der Waals surface area contributed by atoms with Crippen molar-refractivity contribution in [2.75, 3.05) is 32.0 Å². The van der Waals surface area contributed by atoms with Crippen molar-refractivity contribution < 1.29 is 9.53 Å². The van der Waals surface area contributed by atoms with Gasteiger partial charge in [-0.3, -0.25) is 4.79 Å². The number of carbonyl (C=O) groups excluding carboxylic acids is 1. The molecule has 1 heterocycles. The van der Waals surface area contributed by atoms with E-state index in [1.807, 2.05) is 12.1 Å². The van der Waals surface area contributed by atoms with Crippen molar-refractivity contribution in [1.82, 2.24) is 10.2 Å². The van der Waals surface area contributed by atoms with Crippen LogP contribution >= 0.6 is 0 Å². The summed E-state index contributed by atoms with van der Waals surface area (Å²) in [4.78, 5) is 14.2. The first kappa shape index (κ1) is 15.6. The van der Waals surface area contributed by atoms with Gasteiger partial charge < -0.3 is 20.7 Å². The van der Waals surface area contributed by atoms with Crippen molar-refractivity contribution in [3.63, 3.8) is 0 Å². The number of rotatable bonds is 7. The predicted octanol–water partition coefficient (Wildman–Crippen LogP) is 1.64. The molecule has 0 aliphatic carbocycles. The number of ether oxygens (including phenoxy) is 1. The number of benzene rings is 1. The molecule has 0 saturated carbocycles. The standard InChI is InChI=1S/C16H25N3O2/c1-13(12-19-9-2-3-10-19)18-16(20)8-11-21-15-6-4-14(17)5-7-15/h4-7,13H,2-3,8-12,17H2,1H3,(H,18,20). The first-order chi connectivity index (χ1) is 10.1. The predicted molar refractivity (Wildman–Crippen MR) is 84.2 cm³/mol. The lowest BCUT2D eigenvalue weighted by atomic mass is 10.3. The summed E-state index contributed by atoms with van der Waals surface area (Å²) in [5.74, 6) is 0.777. The summed E-state index contributed by atoms with van der Waals surface area (Å²) >= 11 is 0. The molecule has 0 radical (unpaired) electrons. The molecule has 2 rings (SSSR count). The highest BCUT2D eigenvalue weighted by Crippen LogP contribution is 2.13. The zero-order valence-electron chi connectivity index (χ0n) is 12.7. The SMILES string of the molecule is CC(CN1CCCC1)NC(=O)CCOc1ccc(N)cc1. The largest absolute Gasteiger partial charge is 0.493 e. The van der Waals surface area contributed by atoms with Crippen LogP contribution in [-0.2, 0) is 4.79 Å². The van der Waals surface area contributed by atoms with Crippen LogP contribution in [0.1, 0.15) is 26.2 Å². The number of nitrogen functional groups attached to an aromatic ring is 1. The summed E-state index contributed by atoms with van der Waals surface area (Å²) in [5.41, 5.74) is 6.31. The smallest absolute Gasteiger partial charge is 0.223 e. The van der Waals surface area contributed by atoms with E-state index >= 15 is 0 Å². The van der Waals surface area contributed by atoms with E-state index in [-0.39, 0.29) is 11.9 Å². The minimum absolute atomic E-state index is 0.0390. The van der Waals surface area contributed by atoms with Gasteiger partial charge in [-0.25, -0.2) is 0 Å². The quantitative estimate of drug-likeness (QED) is 0.749.